The predicted octanol–water partition coefficient (Wildman–Crippen LogP) is 3.21. The first kappa shape index (κ1) is 19.9. The molecule has 0 atom stereocenters. The molecular weight excluding hydrogens is 378 g/mol. The van der Waals surface area contributed by atoms with Crippen LogP contribution in [0.15, 0.2) is 35.2 Å². The molecule has 0 saturated heterocycles. The van der Waals surface area contributed by atoms with Crippen molar-refractivity contribution >= 4 is 38.3 Å². The van der Waals surface area contributed by atoms with Crippen LogP contribution in [0.1, 0.15) is 39.4 Å². The molecule has 140 valence electrons. The SMILES string of the molecule is CCOC(=O)c1sc(NS(=O)(=O)c2ccccc2)c(C(=O)OCC)c1C. The highest BCUT2D eigenvalue weighted by molar-refractivity contribution is 7.93. The molecule has 1 heterocycles. The Morgan fingerprint density at radius 2 is 1.62 bits per heavy atom. The van der Waals surface area contributed by atoms with Crippen molar-refractivity contribution in [1.29, 1.82) is 0 Å². The van der Waals surface area contributed by atoms with Gasteiger partial charge in [-0.25, -0.2) is 18.0 Å². The largest absolute Gasteiger partial charge is 0.462 e. The number of carbonyl (C=O) groups excluding carboxylic acids is 2. The number of carbonyl (C=O) groups is 2. The van der Waals surface area contributed by atoms with Crippen LogP contribution in [0.25, 0.3) is 0 Å². The number of anilines is 1. The topological polar surface area (TPSA) is 98.8 Å². The maximum absolute atomic E-state index is 12.6. The third-order valence-corrected chi connectivity index (χ3v) is 6.05. The van der Waals surface area contributed by atoms with Crippen LogP contribution in [0.3, 0.4) is 0 Å². The third-order valence-electron chi connectivity index (χ3n) is 3.37. The second-order valence-electron chi connectivity index (χ2n) is 5.12. The molecule has 7 nitrogen and oxygen atoms in total. The minimum absolute atomic E-state index is 0.0133. The fourth-order valence-electron chi connectivity index (χ4n) is 2.21. The normalized spacial score (nSPS) is 11.0. The van der Waals surface area contributed by atoms with Crippen molar-refractivity contribution in [3.8, 4) is 0 Å². The number of esters is 2. The van der Waals surface area contributed by atoms with Crippen molar-refractivity contribution in [3.63, 3.8) is 0 Å². The summed E-state index contributed by atoms with van der Waals surface area (Å²) in [4.78, 5) is 24.6. The summed E-state index contributed by atoms with van der Waals surface area (Å²) in [6, 6.07) is 7.73. The molecule has 0 unspecified atom stereocenters. The standard InChI is InChI=1S/C17H19NO6S2/c1-4-23-16(19)13-11(3)14(17(20)24-5-2)25-15(13)18-26(21,22)12-9-7-6-8-10-12/h6-10,18H,4-5H2,1-3H3. The van der Waals surface area contributed by atoms with Crippen molar-refractivity contribution in [1.82, 2.24) is 0 Å². The molecule has 0 saturated carbocycles. The molecule has 0 fully saturated rings. The molecule has 0 aliphatic carbocycles. The average molecular weight is 397 g/mol. The molecule has 0 amide bonds. The van der Waals surface area contributed by atoms with Gasteiger partial charge in [-0.3, -0.25) is 4.72 Å². The van der Waals surface area contributed by atoms with Crippen LogP contribution in [-0.4, -0.2) is 33.6 Å². The van der Waals surface area contributed by atoms with Gasteiger partial charge in [-0.2, -0.15) is 0 Å². The lowest BCUT2D eigenvalue weighted by atomic mass is 10.1. The smallest absolute Gasteiger partial charge is 0.348 e. The van der Waals surface area contributed by atoms with Crippen LogP contribution in [0.4, 0.5) is 5.00 Å². The Bertz CT molecular complexity index is 903. The maximum Gasteiger partial charge on any atom is 0.348 e. The Hall–Kier alpha value is -2.39. The van der Waals surface area contributed by atoms with Crippen LogP contribution in [0.2, 0.25) is 0 Å². The Kier molecular flexibility index (Phi) is 6.38. The van der Waals surface area contributed by atoms with Crippen LogP contribution < -0.4 is 4.72 Å². The van der Waals surface area contributed by atoms with Gasteiger partial charge in [0, 0.05) is 0 Å². The molecule has 2 rings (SSSR count). The molecule has 0 radical (unpaired) electrons. The minimum atomic E-state index is -3.93. The van der Waals surface area contributed by atoms with Gasteiger partial charge in [0.25, 0.3) is 10.0 Å². The number of hydrogen-bond donors (Lipinski definition) is 1. The first-order valence-electron chi connectivity index (χ1n) is 7.87. The van der Waals surface area contributed by atoms with Crippen molar-refractivity contribution in [3.05, 3.63) is 46.3 Å². The summed E-state index contributed by atoms with van der Waals surface area (Å²) in [6.07, 6.45) is 0. The van der Waals surface area contributed by atoms with E-state index in [1.165, 1.54) is 12.1 Å². The van der Waals surface area contributed by atoms with Gasteiger partial charge in [0.15, 0.2) is 0 Å². The van der Waals surface area contributed by atoms with Crippen molar-refractivity contribution < 1.29 is 27.5 Å². The lowest BCUT2D eigenvalue weighted by Gasteiger charge is -2.09. The van der Waals surface area contributed by atoms with E-state index in [2.05, 4.69) is 4.72 Å². The number of hydrogen-bond acceptors (Lipinski definition) is 7. The van der Waals surface area contributed by atoms with Crippen LogP contribution in [0.5, 0.6) is 0 Å². The van der Waals surface area contributed by atoms with Crippen LogP contribution in [-0.2, 0) is 19.5 Å². The third kappa shape index (κ3) is 4.23. The fourth-order valence-corrected chi connectivity index (χ4v) is 4.62. The molecule has 0 spiro atoms. The number of sulfonamides is 1. The van der Waals surface area contributed by atoms with Crippen molar-refractivity contribution in [2.75, 3.05) is 17.9 Å². The highest BCUT2D eigenvalue weighted by atomic mass is 32.2. The minimum Gasteiger partial charge on any atom is -0.462 e. The number of benzene rings is 1. The summed E-state index contributed by atoms with van der Waals surface area (Å²) < 4.78 is 37.5. The monoisotopic (exact) mass is 397 g/mol. The molecule has 0 aliphatic heterocycles. The molecule has 26 heavy (non-hydrogen) atoms. The predicted molar refractivity (Wildman–Crippen MR) is 98.2 cm³/mol. The zero-order valence-corrected chi connectivity index (χ0v) is 16.2. The molecule has 0 bridgehead atoms. The second-order valence-corrected chi connectivity index (χ2v) is 7.82. The number of ether oxygens (including phenoxy) is 2. The Labute approximate surface area is 156 Å². The van der Waals surface area contributed by atoms with E-state index in [4.69, 9.17) is 9.47 Å². The van der Waals surface area contributed by atoms with E-state index in [9.17, 15) is 18.0 Å². The van der Waals surface area contributed by atoms with Crippen molar-refractivity contribution in [2.24, 2.45) is 0 Å². The Balaban J connectivity index is 2.51. The average Bonchev–Trinajstić information content (AvgIpc) is 2.92. The highest BCUT2D eigenvalue weighted by Gasteiger charge is 2.29. The second kappa shape index (κ2) is 8.33. The van der Waals surface area contributed by atoms with E-state index in [0.717, 1.165) is 11.3 Å². The number of rotatable bonds is 7. The van der Waals surface area contributed by atoms with E-state index < -0.39 is 22.0 Å². The molecule has 1 aromatic heterocycles. The molecule has 2 aromatic rings. The van der Waals surface area contributed by atoms with E-state index in [1.54, 1.807) is 39.0 Å². The Morgan fingerprint density at radius 1 is 1.04 bits per heavy atom. The van der Waals surface area contributed by atoms with E-state index in [-0.39, 0.29) is 33.6 Å². The summed E-state index contributed by atoms with van der Waals surface area (Å²) in [5.74, 6) is -1.33. The van der Waals surface area contributed by atoms with Gasteiger partial charge in [-0.1, -0.05) is 18.2 Å². The highest BCUT2D eigenvalue weighted by Crippen LogP contribution is 2.35. The van der Waals surface area contributed by atoms with Gasteiger partial charge in [-0.05, 0) is 38.5 Å². The summed E-state index contributed by atoms with van der Waals surface area (Å²) in [7, 11) is -3.93. The van der Waals surface area contributed by atoms with Gasteiger partial charge in [0.1, 0.15) is 9.88 Å². The van der Waals surface area contributed by atoms with Gasteiger partial charge >= 0.3 is 11.9 Å². The lowest BCUT2D eigenvalue weighted by Crippen LogP contribution is -2.15. The zero-order valence-electron chi connectivity index (χ0n) is 14.6. The lowest BCUT2D eigenvalue weighted by molar-refractivity contribution is 0.0527. The molecular formula is C17H19NO6S2. The number of thiophene rings is 1. The first-order chi connectivity index (χ1) is 12.3. The molecule has 0 aliphatic rings. The summed E-state index contributed by atoms with van der Waals surface area (Å²) in [6.45, 7) is 5.13. The summed E-state index contributed by atoms with van der Waals surface area (Å²) in [5.41, 5.74) is 0.331. The van der Waals surface area contributed by atoms with Gasteiger partial charge < -0.3 is 9.47 Å². The Morgan fingerprint density at radius 3 is 2.19 bits per heavy atom. The van der Waals surface area contributed by atoms with Gasteiger partial charge in [-0.15, -0.1) is 11.3 Å². The van der Waals surface area contributed by atoms with E-state index in [0.29, 0.717) is 5.56 Å². The van der Waals surface area contributed by atoms with Crippen LogP contribution in [0, 0.1) is 6.92 Å². The molecule has 9 heteroatoms. The number of nitrogens with one attached hydrogen (secondary N) is 1. The quantitative estimate of drug-likeness (QED) is 0.720. The first-order valence-corrected chi connectivity index (χ1v) is 10.2. The van der Waals surface area contributed by atoms with E-state index >= 15 is 0 Å². The van der Waals surface area contributed by atoms with Crippen LogP contribution >= 0.6 is 11.3 Å². The molecule has 1 aromatic carbocycles. The van der Waals surface area contributed by atoms with Gasteiger partial charge in [0.2, 0.25) is 0 Å². The van der Waals surface area contributed by atoms with E-state index in [1.807, 2.05) is 0 Å². The van der Waals surface area contributed by atoms with Gasteiger partial charge in [0.05, 0.1) is 23.7 Å². The maximum atomic E-state index is 12.6. The fraction of sp³-hybridized carbons (Fsp3) is 0.294. The summed E-state index contributed by atoms with van der Waals surface area (Å²) in [5, 5.41) is 0.0212. The summed E-state index contributed by atoms with van der Waals surface area (Å²) >= 11 is 0.844. The molecule has 1 N–H and O–H groups in total. The zero-order chi connectivity index (χ0) is 19.3. The van der Waals surface area contributed by atoms with Crippen molar-refractivity contribution in [2.45, 2.75) is 25.7 Å².